The van der Waals surface area contributed by atoms with Crippen LogP contribution in [0.1, 0.15) is 92.4 Å². The number of ether oxygens (including phenoxy) is 1. The number of carbonyl (C=O) groups is 4. The predicted molar refractivity (Wildman–Crippen MR) is 137 cm³/mol. The lowest BCUT2D eigenvalue weighted by atomic mass is 9.97. The summed E-state index contributed by atoms with van der Waals surface area (Å²) in [4.78, 5) is 52.5. The molecule has 0 aromatic carbocycles. The van der Waals surface area contributed by atoms with Crippen LogP contribution in [0.15, 0.2) is 0 Å². The van der Waals surface area contributed by atoms with E-state index < -0.39 is 35.5 Å². The Bertz CT molecular complexity index is 837. The van der Waals surface area contributed by atoms with Gasteiger partial charge < -0.3 is 21.1 Å². The fourth-order valence-electron chi connectivity index (χ4n) is 6.16. The third-order valence-corrected chi connectivity index (χ3v) is 8.17. The van der Waals surface area contributed by atoms with Crippen LogP contribution in [0.25, 0.3) is 0 Å². The zero-order chi connectivity index (χ0) is 26.7. The Hall–Kier alpha value is -2.16. The van der Waals surface area contributed by atoms with Crippen LogP contribution in [0.5, 0.6) is 0 Å². The molecule has 9 heteroatoms. The van der Waals surface area contributed by atoms with Gasteiger partial charge in [0.25, 0.3) is 5.91 Å². The summed E-state index contributed by atoms with van der Waals surface area (Å²) in [5.41, 5.74) is 4.75. The van der Waals surface area contributed by atoms with Crippen LogP contribution in [-0.2, 0) is 19.1 Å². The summed E-state index contributed by atoms with van der Waals surface area (Å²) < 4.78 is 5.51. The molecule has 9 nitrogen and oxygen atoms in total. The van der Waals surface area contributed by atoms with Crippen molar-refractivity contribution in [2.75, 3.05) is 13.1 Å². The number of nitrogens with one attached hydrogen (secondary N) is 2. The van der Waals surface area contributed by atoms with Gasteiger partial charge in [0.15, 0.2) is 0 Å². The highest BCUT2D eigenvalue weighted by molar-refractivity contribution is 6.37. The average Bonchev–Trinajstić information content (AvgIpc) is 3.08. The lowest BCUT2D eigenvalue weighted by Gasteiger charge is -2.34. The van der Waals surface area contributed by atoms with Gasteiger partial charge in [-0.2, -0.15) is 0 Å². The van der Waals surface area contributed by atoms with Gasteiger partial charge in [0.2, 0.25) is 11.7 Å². The summed E-state index contributed by atoms with van der Waals surface area (Å²) in [5.74, 6) is -1.42. The molecule has 2 saturated heterocycles. The van der Waals surface area contributed by atoms with Crippen LogP contribution < -0.4 is 16.4 Å². The molecule has 1 aliphatic carbocycles. The van der Waals surface area contributed by atoms with Crippen molar-refractivity contribution in [2.24, 2.45) is 23.0 Å². The van der Waals surface area contributed by atoms with E-state index in [2.05, 4.69) is 29.4 Å². The number of nitrogens with two attached hydrogens (primary N) is 1. The number of carbonyl (C=O) groups excluding carboxylic acids is 4. The van der Waals surface area contributed by atoms with Crippen LogP contribution in [0.3, 0.4) is 0 Å². The molecule has 4 N–H and O–H groups in total. The van der Waals surface area contributed by atoms with Crippen LogP contribution in [0.2, 0.25) is 0 Å². The molecule has 36 heavy (non-hydrogen) atoms. The van der Waals surface area contributed by atoms with Gasteiger partial charge in [-0.1, -0.05) is 58.8 Å². The maximum atomic E-state index is 13.6. The first-order chi connectivity index (χ1) is 16.8. The highest BCUT2D eigenvalue weighted by Gasteiger charge is 2.68. The first-order valence-electron chi connectivity index (χ1n) is 13.7. The Labute approximate surface area is 215 Å². The number of hydrogen-bond donors (Lipinski definition) is 3. The van der Waals surface area contributed by atoms with Crippen molar-refractivity contribution in [1.82, 2.24) is 15.5 Å². The maximum absolute atomic E-state index is 13.6. The van der Waals surface area contributed by atoms with Gasteiger partial charge in [0.1, 0.15) is 5.60 Å². The lowest BCUT2D eigenvalue weighted by Crippen LogP contribution is -2.56. The van der Waals surface area contributed by atoms with Crippen LogP contribution in [0.4, 0.5) is 4.79 Å². The normalized spacial score (nSPS) is 31.9. The summed E-state index contributed by atoms with van der Waals surface area (Å²) in [7, 11) is 0. The molecule has 1 saturated carbocycles. The van der Waals surface area contributed by atoms with Gasteiger partial charge in [-0.25, -0.2) is 4.79 Å². The molecular formula is C27H46N4O5. The zero-order valence-corrected chi connectivity index (χ0v) is 22.7. The molecule has 0 radical (unpaired) electrons. The van der Waals surface area contributed by atoms with E-state index in [-0.39, 0.29) is 23.3 Å². The van der Waals surface area contributed by atoms with Crippen molar-refractivity contribution in [3.8, 4) is 0 Å². The van der Waals surface area contributed by atoms with Crippen molar-refractivity contribution in [2.45, 2.75) is 116 Å². The van der Waals surface area contributed by atoms with E-state index >= 15 is 0 Å². The SMILES string of the molecule is CC(C)(C)OC(=O)N[C@H]1CCCCCCCCC[C@@H](C(=O)C(N)=O)NC(=O)[C@@H]2[C@@H]3[C@H](CN2C1)C3(C)C. The topological polar surface area (TPSA) is 131 Å². The van der Waals surface area contributed by atoms with E-state index in [1.807, 2.05) is 20.8 Å². The Kier molecular flexibility index (Phi) is 9.06. The van der Waals surface area contributed by atoms with Crippen LogP contribution in [-0.4, -0.2) is 65.4 Å². The molecule has 2 heterocycles. The molecule has 0 aromatic heterocycles. The molecule has 0 spiro atoms. The summed E-state index contributed by atoms with van der Waals surface area (Å²) >= 11 is 0. The first-order valence-corrected chi connectivity index (χ1v) is 13.7. The summed E-state index contributed by atoms with van der Waals surface area (Å²) in [6.07, 6.45) is 7.82. The van der Waals surface area contributed by atoms with Crippen LogP contribution in [0, 0.1) is 17.3 Å². The molecular weight excluding hydrogens is 460 g/mol. The summed E-state index contributed by atoms with van der Waals surface area (Å²) in [5, 5.41) is 5.94. The highest BCUT2D eigenvalue weighted by atomic mass is 16.6. The molecule has 5 atom stereocenters. The average molecular weight is 507 g/mol. The number of piperidine rings is 1. The number of ketones is 1. The minimum atomic E-state index is -1.01. The van der Waals surface area contributed by atoms with Crippen molar-refractivity contribution >= 4 is 23.7 Å². The molecule has 0 aromatic rings. The third-order valence-electron chi connectivity index (χ3n) is 8.17. The number of hydrogen-bond acceptors (Lipinski definition) is 6. The largest absolute Gasteiger partial charge is 0.444 e. The van der Waals surface area contributed by atoms with Gasteiger partial charge in [-0.15, -0.1) is 0 Å². The quantitative estimate of drug-likeness (QED) is 0.505. The Morgan fingerprint density at radius 2 is 1.58 bits per heavy atom. The van der Waals surface area contributed by atoms with Crippen molar-refractivity contribution in [1.29, 1.82) is 0 Å². The number of primary amides is 1. The number of alkyl carbamates (subject to hydrolysis) is 1. The Morgan fingerprint density at radius 1 is 1.00 bits per heavy atom. The lowest BCUT2D eigenvalue weighted by molar-refractivity contribution is -0.139. The second kappa shape index (κ2) is 11.5. The van der Waals surface area contributed by atoms with Crippen molar-refractivity contribution < 1.29 is 23.9 Å². The van der Waals surface area contributed by atoms with E-state index in [0.29, 0.717) is 18.9 Å². The zero-order valence-electron chi connectivity index (χ0n) is 22.7. The monoisotopic (exact) mass is 506 g/mol. The molecule has 2 aliphatic heterocycles. The van der Waals surface area contributed by atoms with Gasteiger partial charge in [0.05, 0.1) is 12.1 Å². The molecule has 3 amide bonds. The number of rotatable bonds is 3. The maximum Gasteiger partial charge on any atom is 0.407 e. The van der Waals surface area contributed by atoms with E-state index in [1.165, 1.54) is 0 Å². The molecule has 3 aliphatic rings. The fraction of sp³-hybridized carbons (Fsp3) is 0.852. The van der Waals surface area contributed by atoms with Gasteiger partial charge >= 0.3 is 6.09 Å². The van der Waals surface area contributed by atoms with Gasteiger partial charge in [-0.05, 0) is 50.9 Å². The molecule has 0 unspecified atom stereocenters. The fourth-order valence-corrected chi connectivity index (χ4v) is 6.16. The van der Waals surface area contributed by atoms with E-state index in [1.54, 1.807) is 0 Å². The first kappa shape index (κ1) is 28.4. The number of amides is 3. The number of fused-ring (bicyclic) bond motifs is 3. The smallest absolute Gasteiger partial charge is 0.407 e. The van der Waals surface area contributed by atoms with Crippen LogP contribution >= 0.6 is 0 Å². The second-order valence-corrected chi connectivity index (χ2v) is 12.5. The molecule has 3 rings (SSSR count). The molecule has 204 valence electrons. The number of Topliss-reactive ketones (excluding diaryl/α,β-unsaturated/α-hetero) is 1. The van der Waals surface area contributed by atoms with E-state index in [0.717, 1.165) is 57.9 Å². The minimum Gasteiger partial charge on any atom is -0.444 e. The predicted octanol–water partition coefficient (Wildman–Crippen LogP) is 2.90. The third kappa shape index (κ3) is 7.20. The van der Waals surface area contributed by atoms with Gasteiger partial charge in [-0.3, -0.25) is 19.3 Å². The van der Waals surface area contributed by atoms with Crippen molar-refractivity contribution in [3.63, 3.8) is 0 Å². The van der Waals surface area contributed by atoms with E-state index in [9.17, 15) is 19.2 Å². The molecule has 0 bridgehead atoms. The number of nitrogens with zero attached hydrogens (tertiary/aromatic N) is 1. The summed E-state index contributed by atoms with van der Waals surface area (Å²) in [6.45, 7) is 11.2. The Morgan fingerprint density at radius 3 is 2.17 bits per heavy atom. The minimum absolute atomic E-state index is 0.0383. The highest BCUT2D eigenvalue weighted by Crippen LogP contribution is 2.64. The summed E-state index contributed by atoms with van der Waals surface area (Å²) in [6, 6.07) is -1.45. The van der Waals surface area contributed by atoms with E-state index in [4.69, 9.17) is 10.5 Å². The standard InChI is InChI=1S/C27H46N4O5/c1-26(2,3)36-25(35)29-17-13-11-9-7-6-8-10-12-14-19(22(32)23(28)33)30-24(34)21-20-18(27(20,4)5)16-31(21)15-17/h17-21H,6-16H2,1-5H3,(H2,28,33)(H,29,35)(H,30,34)/t17-,18-,19-,20-,21-/m0/s1. The molecule has 3 fully saturated rings. The second-order valence-electron chi connectivity index (χ2n) is 12.5. The van der Waals surface area contributed by atoms with Gasteiger partial charge in [0, 0.05) is 19.1 Å². The van der Waals surface area contributed by atoms with Crippen molar-refractivity contribution in [3.05, 3.63) is 0 Å². The Balaban J connectivity index is 1.80.